The molecule has 0 fully saturated rings. The average Bonchev–Trinajstić information content (AvgIpc) is 2.01. The lowest BCUT2D eigenvalue weighted by molar-refractivity contribution is 0.429. The Morgan fingerprint density at radius 3 is 2.73 bits per heavy atom. The van der Waals surface area contributed by atoms with E-state index in [1.807, 2.05) is 0 Å². The van der Waals surface area contributed by atoms with Crippen molar-refractivity contribution < 1.29 is 9.50 Å². The van der Waals surface area contributed by atoms with Crippen LogP contribution in [0.4, 0.5) is 4.39 Å². The van der Waals surface area contributed by atoms with Crippen molar-refractivity contribution in [2.75, 3.05) is 0 Å². The van der Waals surface area contributed by atoms with Gasteiger partial charge in [-0.1, -0.05) is 12.7 Å². The summed E-state index contributed by atoms with van der Waals surface area (Å²) in [4.78, 5) is 0. The Labute approximate surface area is 72.3 Å². The van der Waals surface area contributed by atoms with Crippen molar-refractivity contribution in [1.82, 2.24) is 0 Å². The molecule has 0 aliphatic rings. The average molecular weight is 217 g/mol. The number of hydrogen-bond donors (Lipinski definition) is 1. The van der Waals surface area contributed by atoms with E-state index in [1.165, 1.54) is 12.1 Å². The van der Waals surface area contributed by atoms with Crippen LogP contribution in [-0.2, 0) is 0 Å². The van der Waals surface area contributed by atoms with Crippen LogP contribution in [0.15, 0.2) is 23.2 Å². The predicted octanol–water partition coefficient (Wildman–Crippen LogP) is 2.94. The molecule has 0 saturated heterocycles. The summed E-state index contributed by atoms with van der Waals surface area (Å²) >= 11 is 2.94. The zero-order valence-electron chi connectivity index (χ0n) is 5.64. The minimum absolute atomic E-state index is 0.251. The number of phenolic OH excluding ortho intramolecular Hbond substituents is 1. The molecule has 0 aliphatic carbocycles. The Morgan fingerprint density at radius 2 is 2.18 bits per heavy atom. The molecular weight excluding hydrogens is 211 g/mol. The molecule has 1 aromatic rings. The van der Waals surface area contributed by atoms with E-state index in [0.29, 0.717) is 5.56 Å². The molecular formula is C8H6BrFO. The monoisotopic (exact) mass is 216 g/mol. The number of phenols is 1. The summed E-state index contributed by atoms with van der Waals surface area (Å²) in [6, 6.07) is 3.10. The highest BCUT2D eigenvalue weighted by Gasteiger charge is 2.07. The number of benzene rings is 1. The van der Waals surface area contributed by atoms with Crippen molar-refractivity contribution in [1.29, 1.82) is 0 Å². The second-order valence-electron chi connectivity index (χ2n) is 2.00. The number of hydrogen-bond acceptors (Lipinski definition) is 1. The molecule has 1 rings (SSSR count). The molecule has 11 heavy (non-hydrogen) atoms. The standard InChI is InChI=1S/C8H6BrFO/c1-2-5-3-4-6(9)7(10)8(5)11/h2-4,11H,1H2. The third-order valence-corrected chi connectivity index (χ3v) is 1.93. The summed E-state index contributed by atoms with van der Waals surface area (Å²) in [5.74, 6) is -1.02. The molecule has 0 unspecified atom stereocenters. The lowest BCUT2D eigenvalue weighted by Gasteiger charge is -2.00. The van der Waals surface area contributed by atoms with Gasteiger partial charge in [0.15, 0.2) is 11.6 Å². The molecule has 0 heterocycles. The van der Waals surface area contributed by atoms with Gasteiger partial charge in [-0.05, 0) is 28.1 Å². The smallest absolute Gasteiger partial charge is 0.179 e. The van der Waals surface area contributed by atoms with E-state index >= 15 is 0 Å². The molecule has 0 saturated carbocycles. The summed E-state index contributed by atoms with van der Waals surface area (Å²) in [5.41, 5.74) is 0.394. The van der Waals surface area contributed by atoms with Gasteiger partial charge in [0.2, 0.25) is 0 Å². The van der Waals surface area contributed by atoms with E-state index in [4.69, 9.17) is 5.11 Å². The SMILES string of the molecule is C=Cc1ccc(Br)c(F)c1O. The van der Waals surface area contributed by atoms with Gasteiger partial charge < -0.3 is 5.11 Å². The van der Waals surface area contributed by atoms with Crippen molar-refractivity contribution in [2.24, 2.45) is 0 Å². The lowest BCUT2D eigenvalue weighted by atomic mass is 10.2. The first-order valence-electron chi connectivity index (χ1n) is 2.96. The minimum atomic E-state index is -0.651. The Balaban J connectivity index is 3.36. The topological polar surface area (TPSA) is 20.2 Å². The first-order valence-corrected chi connectivity index (χ1v) is 3.75. The largest absolute Gasteiger partial charge is 0.504 e. The predicted molar refractivity (Wildman–Crippen MR) is 45.9 cm³/mol. The van der Waals surface area contributed by atoms with Crippen LogP contribution in [0.2, 0.25) is 0 Å². The maximum atomic E-state index is 12.8. The van der Waals surface area contributed by atoms with Gasteiger partial charge in [0.1, 0.15) is 0 Å². The van der Waals surface area contributed by atoms with Crippen LogP contribution in [0.5, 0.6) is 5.75 Å². The fourth-order valence-corrected chi connectivity index (χ4v) is 1.04. The fraction of sp³-hybridized carbons (Fsp3) is 0. The normalized spacial score (nSPS) is 9.64. The van der Waals surface area contributed by atoms with E-state index in [2.05, 4.69) is 22.5 Å². The van der Waals surface area contributed by atoms with Crippen molar-refractivity contribution >= 4 is 22.0 Å². The third kappa shape index (κ3) is 1.43. The fourth-order valence-electron chi connectivity index (χ4n) is 0.720. The third-order valence-electron chi connectivity index (χ3n) is 1.32. The van der Waals surface area contributed by atoms with Gasteiger partial charge in [-0.15, -0.1) is 0 Å². The summed E-state index contributed by atoms with van der Waals surface area (Å²) in [6.07, 6.45) is 1.39. The Hall–Kier alpha value is -0.830. The van der Waals surface area contributed by atoms with Crippen molar-refractivity contribution in [3.63, 3.8) is 0 Å². The van der Waals surface area contributed by atoms with Crippen LogP contribution in [0, 0.1) is 5.82 Å². The van der Waals surface area contributed by atoms with Gasteiger partial charge in [-0.3, -0.25) is 0 Å². The van der Waals surface area contributed by atoms with Crippen LogP contribution in [0.25, 0.3) is 6.08 Å². The highest BCUT2D eigenvalue weighted by molar-refractivity contribution is 9.10. The summed E-state index contributed by atoms with van der Waals surface area (Å²) in [7, 11) is 0. The summed E-state index contributed by atoms with van der Waals surface area (Å²) in [5, 5.41) is 9.10. The van der Waals surface area contributed by atoms with Gasteiger partial charge in [-0.2, -0.15) is 0 Å². The van der Waals surface area contributed by atoms with Crippen molar-refractivity contribution in [3.05, 3.63) is 34.6 Å². The number of rotatable bonds is 1. The zero-order valence-corrected chi connectivity index (χ0v) is 7.23. The number of halogens is 2. The zero-order chi connectivity index (χ0) is 8.43. The maximum absolute atomic E-state index is 12.8. The van der Waals surface area contributed by atoms with Crippen LogP contribution in [-0.4, -0.2) is 5.11 Å². The van der Waals surface area contributed by atoms with E-state index in [1.54, 1.807) is 6.07 Å². The van der Waals surface area contributed by atoms with Crippen LogP contribution in [0.3, 0.4) is 0 Å². The van der Waals surface area contributed by atoms with Crippen LogP contribution < -0.4 is 0 Å². The van der Waals surface area contributed by atoms with Gasteiger partial charge in [0.25, 0.3) is 0 Å². The molecule has 1 N–H and O–H groups in total. The van der Waals surface area contributed by atoms with E-state index in [9.17, 15) is 4.39 Å². The molecule has 1 nitrogen and oxygen atoms in total. The minimum Gasteiger partial charge on any atom is -0.504 e. The Morgan fingerprint density at radius 1 is 1.55 bits per heavy atom. The van der Waals surface area contributed by atoms with Gasteiger partial charge in [0.05, 0.1) is 4.47 Å². The van der Waals surface area contributed by atoms with Crippen LogP contribution >= 0.6 is 15.9 Å². The molecule has 1 aromatic carbocycles. The van der Waals surface area contributed by atoms with Gasteiger partial charge >= 0.3 is 0 Å². The second-order valence-corrected chi connectivity index (χ2v) is 2.86. The molecule has 0 bridgehead atoms. The molecule has 0 spiro atoms. The first kappa shape index (κ1) is 8.27. The summed E-state index contributed by atoms with van der Waals surface area (Å²) < 4.78 is 13.1. The highest BCUT2D eigenvalue weighted by atomic mass is 79.9. The molecule has 0 amide bonds. The Kier molecular flexibility index (Phi) is 2.29. The molecule has 0 aromatic heterocycles. The molecule has 0 aliphatic heterocycles. The van der Waals surface area contributed by atoms with Gasteiger partial charge in [-0.25, -0.2) is 4.39 Å². The van der Waals surface area contributed by atoms with E-state index < -0.39 is 5.82 Å². The molecule has 58 valence electrons. The van der Waals surface area contributed by atoms with Crippen molar-refractivity contribution in [2.45, 2.75) is 0 Å². The molecule has 0 atom stereocenters. The Bertz CT molecular complexity index is 296. The first-order chi connectivity index (χ1) is 5.16. The van der Waals surface area contributed by atoms with E-state index in [0.717, 1.165) is 0 Å². The molecule has 3 heteroatoms. The van der Waals surface area contributed by atoms with Crippen LogP contribution in [0.1, 0.15) is 5.56 Å². The van der Waals surface area contributed by atoms with Gasteiger partial charge in [0, 0.05) is 5.56 Å². The molecule has 0 radical (unpaired) electrons. The maximum Gasteiger partial charge on any atom is 0.179 e. The quantitative estimate of drug-likeness (QED) is 0.766. The second kappa shape index (κ2) is 3.05. The summed E-state index contributed by atoms with van der Waals surface area (Å²) in [6.45, 7) is 3.42. The van der Waals surface area contributed by atoms with Crippen molar-refractivity contribution in [3.8, 4) is 5.75 Å². The lowest BCUT2D eigenvalue weighted by Crippen LogP contribution is -1.81. The highest BCUT2D eigenvalue weighted by Crippen LogP contribution is 2.28. The number of aromatic hydroxyl groups is 1. The van der Waals surface area contributed by atoms with E-state index in [-0.39, 0.29) is 10.2 Å².